The Balaban J connectivity index is 2.60. The molecule has 0 aliphatic heterocycles. The largest absolute Gasteiger partial charge is 0.493 e. The van der Waals surface area contributed by atoms with Crippen molar-refractivity contribution in [1.82, 2.24) is 5.32 Å². The van der Waals surface area contributed by atoms with Crippen molar-refractivity contribution in [1.29, 1.82) is 0 Å². The summed E-state index contributed by atoms with van der Waals surface area (Å²) in [5.41, 5.74) is 2.17. The molecule has 1 rings (SSSR count). The molecule has 0 bridgehead atoms. The van der Waals surface area contributed by atoms with Crippen LogP contribution in [-0.4, -0.2) is 34.1 Å². The molecular weight excluding hydrogens is 250 g/mol. The zero-order valence-electron chi connectivity index (χ0n) is 11.2. The van der Waals surface area contributed by atoms with Crippen LogP contribution in [0.15, 0.2) is 18.2 Å². The molecule has 0 aliphatic carbocycles. The van der Waals surface area contributed by atoms with Crippen molar-refractivity contribution in [3.05, 3.63) is 29.3 Å². The maximum Gasteiger partial charge on any atom is 0.147 e. The van der Waals surface area contributed by atoms with E-state index in [1.165, 1.54) is 6.26 Å². The lowest BCUT2D eigenvalue weighted by molar-refractivity contribution is 0.312. The topological polar surface area (TPSA) is 55.4 Å². The lowest BCUT2D eigenvalue weighted by Crippen LogP contribution is -2.11. The van der Waals surface area contributed by atoms with Gasteiger partial charge in [0, 0.05) is 18.4 Å². The van der Waals surface area contributed by atoms with Crippen molar-refractivity contribution < 1.29 is 13.2 Å². The Labute approximate surface area is 109 Å². The second kappa shape index (κ2) is 6.75. The summed E-state index contributed by atoms with van der Waals surface area (Å²) >= 11 is 0. The molecule has 0 saturated carbocycles. The zero-order chi connectivity index (χ0) is 13.6. The second-order valence-corrected chi connectivity index (χ2v) is 6.69. The van der Waals surface area contributed by atoms with Crippen LogP contribution in [0.4, 0.5) is 0 Å². The van der Waals surface area contributed by atoms with E-state index in [2.05, 4.69) is 5.32 Å². The first-order chi connectivity index (χ1) is 8.44. The molecule has 5 heteroatoms. The van der Waals surface area contributed by atoms with Gasteiger partial charge in [-0.15, -0.1) is 0 Å². The highest BCUT2D eigenvalue weighted by Crippen LogP contribution is 2.23. The van der Waals surface area contributed by atoms with Crippen LogP contribution in [0, 0.1) is 6.92 Å². The number of aryl methyl sites for hydroxylation is 1. The van der Waals surface area contributed by atoms with Gasteiger partial charge in [0.2, 0.25) is 0 Å². The Morgan fingerprint density at radius 3 is 2.67 bits per heavy atom. The summed E-state index contributed by atoms with van der Waals surface area (Å²) < 4.78 is 27.7. The van der Waals surface area contributed by atoms with E-state index < -0.39 is 9.84 Å². The summed E-state index contributed by atoms with van der Waals surface area (Å²) in [6.07, 6.45) is 1.76. The smallest absolute Gasteiger partial charge is 0.147 e. The zero-order valence-corrected chi connectivity index (χ0v) is 12.0. The summed E-state index contributed by atoms with van der Waals surface area (Å²) in [6, 6.07) is 5.99. The minimum absolute atomic E-state index is 0.167. The molecule has 0 saturated heterocycles. The molecule has 0 unspecified atom stereocenters. The molecule has 0 amide bonds. The SMILES string of the molecule is CNCc1cccc(C)c1OCCCS(C)(=O)=O. The number of sulfone groups is 1. The summed E-state index contributed by atoms with van der Waals surface area (Å²) in [7, 11) is -1.02. The van der Waals surface area contributed by atoms with Crippen LogP contribution in [0.25, 0.3) is 0 Å². The van der Waals surface area contributed by atoms with E-state index in [-0.39, 0.29) is 5.75 Å². The standard InChI is InChI=1S/C13H21NO3S/c1-11-6-4-7-12(10-14-2)13(11)17-8-5-9-18(3,15)16/h4,6-7,14H,5,8-10H2,1-3H3. The molecule has 0 atom stereocenters. The fourth-order valence-corrected chi connectivity index (χ4v) is 2.39. The van der Waals surface area contributed by atoms with Crippen molar-refractivity contribution in [2.45, 2.75) is 19.9 Å². The van der Waals surface area contributed by atoms with Gasteiger partial charge in [-0.1, -0.05) is 18.2 Å². The van der Waals surface area contributed by atoms with Gasteiger partial charge in [-0.2, -0.15) is 0 Å². The third-order valence-corrected chi connectivity index (χ3v) is 3.60. The molecule has 1 N–H and O–H groups in total. The van der Waals surface area contributed by atoms with E-state index in [4.69, 9.17) is 4.74 Å². The summed E-state index contributed by atoms with van der Waals surface area (Å²) in [5.74, 6) is 1.03. The van der Waals surface area contributed by atoms with Gasteiger partial charge in [-0.25, -0.2) is 8.42 Å². The highest BCUT2D eigenvalue weighted by molar-refractivity contribution is 7.90. The molecule has 0 fully saturated rings. The monoisotopic (exact) mass is 271 g/mol. The molecule has 4 nitrogen and oxygen atoms in total. The molecule has 0 heterocycles. The number of benzene rings is 1. The maximum atomic E-state index is 11.0. The Hall–Kier alpha value is -1.07. The van der Waals surface area contributed by atoms with Crippen LogP contribution in [0.1, 0.15) is 17.5 Å². The predicted molar refractivity (Wildman–Crippen MR) is 73.8 cm³/mol. The average Bonchev–Trinajstić information content (AvgIpc) is 2.26. The van der Waals surface area contributed by atoms with E-state index >= 15 is 0 Å². The minimum atomic E-state index is -2.90. The number of rotatable bonds is 7. The molecule has 0 radical (unpaired) electrons. The van der Waals surface area contributed by atoms with Crippen LogP contribution < -0.4 is 10.1 Å². The van der Waals surface area contributed by atoms with E-state index in [0.29, 0.717) is 13.0 Å². The van der Waals surface area contributed by atoms with E-state index in [1.54, 1.807) is 0 Å². The number of hydrogen-bond acceptors (Lipinski definition) is 4. The quantitative estimate of drug-likeness (QED) is 0.764. The second-order valence-electron chi connectivity index (χ2n) is 4.43. The number of para-hydroxylation sites is 1. The fourth-order valence-electron chi connectivity index (χ4n) is 1.74. The predicted octanol–water partition coefficient (Wildman–Crippen LogP) is 1.53. The lowest BCUT2D eigenvalue weighted by Gasteiger charge is -2.13. The first-order valence-electron chi connectivity index (χ1n) is 5.97. The number of nitrogens with one attached hydrogen (secondary N) is 1. The first kappa shape index (κ1) is 15.0. The van der Waals surface area contributed by atoms with Gasteiger partial charge in [-0.3, -0.25) is 0 Å². The molecule has 0 aromatic heterocycles. The minimum Gasteiger partial charge on any atom is -0.493 e. The molecule has 18 heavy (non-hydrogen) atoms. The third-order valence-electron chi connectivity index (χ3n) is 2.57. The summed E-state index contributed by atoms with van der Waals surface area (Å²) in [4.78, 5) is 0. The van der Waals surface area contributed by atoms with Gasteiger partial charge in [0.05, 0.1) is 12.4 Å². The van der Waals surface area contributed by atoms with E-state index in [0.717, 1.165) is 23.4 Å². The Bertz CT molecular complexity index is 483. The Morgan fingerprint density at radius 1 is 1.33 bits per heavy atom. The van der Waals surface area contributed by atoms with Crippen molar-refractivity contribution in [2.75, 3.05) is 25.7 Å². The van der Waals surface area contributed by atoms with E-state index in [9.17, 15) is 8.42 Å². The Kier molecular flexibility index (Phi) is 5.62. The van der Waals surface area contributed by atoms with Crippen LogP contribution in [0.5, 0.6) is 5.75 Å². The van der Waals surface area contributed by atoms with Crippen LogP contribution in [0.3, 0.4) is 0 Å². The van der Waals surface area contributed by atoms with Gasteiger partial charge in [-0.05, 0) is 26.0 Å². The summed E-state index contributed by atoms with van der Waals surface area (Å²) in [5, 5.41) is 3.09. The van der Waals surface area contributed by atoms with Crippen molar-refractivity contribution in [3.8, 4) is 5.75 Å². The lowest BCUT2D eigenvalue weighted by atomic mass is 10.1. The average molecular weight is 271 g/mol. The van der Waals surface area contributed by atoms with Crippen molar-refractivity contribution in [2.24, 2.45) is 0 Å². The third kappa shape index (κ3) is 5.06. The molecule has 1 aromatic rings. The van der Waals surface area contributed by atoms with Crippen molar-refractivity contribution in [3.63, 3.8) is 0 Å². The molecule has 0 spiro atoms. The summed E-state index contributed by atoms with van der Waals surface area (Å²) in [6.45, 7) is 3.16. The normalized spacial score (nSPS) is 11.5. The first-order valence-corrected chi connectivity index (χ1v) is 8.03. The van der Waals surface area contributed by atoms with Gasteiger partial charge in [0.25, 0.3) is 0 Å². The maximum absolute atomic E-state index is 11.0. The van der Waals surface area contributed by atoms with Crippen LogP contribution >= 0.6 is 0 Å². The molecule has 1 aromatic carbocycles. The highest BCUT2D eigenvalue weighted by Gasteiger charge is 2.07. The number of ether oxygens (including phenoxy) is 1. The van der Waals surface area contributed by atoms with Gasteiger partial charge < -0.3 is 10.1 Å². The van der Waals surface area contributed by atoms with Crippen LogP contribution in [0.2, 0.25) is 0 Å². The van der Waals surface area contributed by atoms with E-state index in [1.807, 2.05) is 32.2 Å². The molecular formula is C13H21NO3S. The molecule has 102 valence electrons. The molecule has 0 aliphatic rings. The van der Waals surface area contributed by atoms with Gasteiger partial charge in [0.15, 0.2) is 0 Å². The van der Waals surface area contributed by atoms with Gasteiger partial charge >= 0.3 is 0 Å². The van der Waals surface area contributed by atoms with Crippen LogP contribution in [-0.2, 0) is 16.4 Å². The highest BCUT2D eigenvalue weighted by atomic mass is 32.2. The number of hydrogen-bond donors (Lipinski definition) is 1. The van der Waals surface area contributed by atoms with Gasteiger partial charge in [0.1, 0.15) is 15.6 Å². The van der Waals surface area contributed by atoms with Crippen molar-refractivity contribution >= 4 is 9.84 Å². The Morgan fingerprint density at radius 2 is 2.06 bits per heavy atom. The fraction of sp³-hybridized carbons (Fsp3) is 0.538.